The van der Waals surface area contributed by atoms with Crippen molar-refractivity contribution in [1.29, 1.82) is 0 Å². The Bertz CT molecular complexity index is 297. The first-order chi connectivity index (χ1) is 6.24. The minimum absolute atomic E-state index is 0.0399. The van der Waals surface area contributed by atoms with Gasteiger partial charge in [-0.3, -0.25) is 4.79 Å². The number of ketones is 1. The fraction of sp³-hybridized carbons (Fsp3) is 0.400. The first-order valence-corrected chi connectivity index (χ1v) is 4.35. The Labute approximate surface area is 77.8 Å². The van der Waals surface area contributed by atoms with E-state index in [0.29, 0.717) is 18.2 Å². The number of pyridine rings is 1. The number of hydrogen-bond acceptors (Lipinski definition) is 3. The molecule has 0 aliphatic carbocycles. The molecule has 0 amide bonds. The van der Waals surface area contributed by atoms with Gasteiger partial charge in [0.25, 0.3) is 0 Å². The molecule has 0 fully saturated rings. The van der Waals surface area contributed by atoms with Crippen molar-refractivity contribution < 1.29 is 9.53 Å². The lowest BCUT2D eigenvalue weighted by molar-refractivity contribution is 0.101. The third-order valence-electron chi connectivity index (χ3n) is 1.54. The van der Waals surface area contributed by atoms with Gasteiger partial charge in [-0.25, -0.2) is 4.98 Å². The van der Waals surface area contributed by atoms with E-state index < -0.39 is 0 Å². The van der Waals surface area contributed by atoms with Crippen molar-refractivity contribution in [3.8, 4) is 5.88 Å². The average molecular weight is 179 g/mol. The normalized spacial score (nSPS) is 9.69. The maximum absolute atomic E-state index is 11.0. The molecule has 0 saturated heterocycles. The van der Waals surface area contributed by atoms with E-state index in [1.165, 1.54) is 6.92 Å². The first-order valence-electron chi connectivity index (χ1n) is 4.35. The van der Waals surface area contributed by atoms with Crippen LogP contribution in [0, 0.1) is 0 Å². The fourth-order valence-electron chi connectivity index (χ4n) is 0.898. The summed E-state index contributed by atoms with van der Waals surface area (Å²) in [4.78, 5) is 15.0. The molecule has 0 aromatic carbocycles. The van der Waals surface area contributed by atoms with Crippen LogP contribution < -0.4 is 4.74 Å². The smallest absolute Gasteiger partial charge is 0.213 e. The van der Waals surface area contributed by atoms with Gasteiger partial charge in [0.15, 0.2) is 5.78 Å². The van der Waals surface area contributed by atoms with Crippen molar-refractivity contribution in [1.82, 2.24) is 4.98 Å². The van der Waals surface area contributed by atoms with E-state index >= 15 is 0 Å². The zero-order valence-corrected chi connectivity index (χ0v) is 7.91. The highest BCUT2D eigenvalue weighted by molar-refractivity contribution is 5.92. The van der Waals surface area contributed by atoms with E-state index in [9.17, 15) is 4.79 Å². The summed E-state index contributed by atoms with van der Waals surface area (Å²) in [5.41, 5.74) is 0.452. The molecule has 0 aliphatic heterocycles. The third kappa shape index (κ3) is 2.86. The Balaban J connectivity index is 2.73. The predicted octanol–water partition coefficient (Wildman–Crippen LogP) is 2.07. The molecule has 0 aliphatic rings. The lowest BCUT2D eigenvalue weighted by atomic mass is 10.3. The quantitative estimate of drug-likeness (QED) is 0.664. The molecule has 3 heteroatoms. The number of hydrogen-bond donors (Lipinski definition) is 0. The topological polar surface area (TPSA) is 39.2 Å². The van der Waals surface area contributed by atoms with E-state index in [-0.39, 0.29) is 5.78 Å². The molecule has 1 aromatic heterocycles. The van der Waals surface area contributed by atoms with Crippen LogP contribution in [0.4, 0.5) is 0 Å². The molecule has 70 valence electrons. The van der Waals surface area contributed by atoms with E-state index in [4.69, 9.17) is 4.74 Å². The number of carbonyl (C=O) groups excluding carboxylic acids is 1. The maximum atomic E-state index is 11.0. The molecule has 1 heterocycles. The third-order valence-corrected chi connectivity index (χ3v) is 1.54. The summed E-state index contributed by atoms with van der Waals surface area (Å²) in [5.74, 6) is 0.483. The van der Waals surface area contributed by atoms with Crippen LogP contribution in [0.2, 0.25) is 0 Å². The Hall–Kier alpha value is -1.38. The van der Waals surface area contributed by atoms with Crippen LogP contribution in [0.15, 0.2) is 18.2 Å². The molecule has 0 bridgehead atoms. The van der Waals surface area contributed by atoms with E-state index in [2.05, 4.69) is 4.98 Å². The second-order valence-corrected chi connectivity index (χ2v) is 2.77. The van der Waals surface area contributed by atoms with Crippen LogP contribution in [0.5, 0.6) is 5.88 Å². The first kappa shape index (κ1) is 9.71. The molecule has 0 spiro atoms. The molecule has 1 aromatic rings. The Morgan fingerprint density at radius 1 is 1.54 bits per heavy atom. The Morgan fingerprint density at radius 3 is 2.92 bits per heavy atom. The van der Waals surface area contributed by atoms with Gasteiger partial charge in [-0.15, -0.1) is 0 Å². The zero-order valence-electron chi connectivity index (χ0n) is 7.91. The second kappa shape index (κ2) is 4.60. The van der Waals surface area contributed by atoms with E-state index in [1.54, 1.807) is 18.2 Å². The number of carbonyl (C=O) groups is 1. The van der Waals surface area contributed by atoms with Gasteiger partial charge in [0.1, 0.15) is 5.69 Å². The standard InChI is InChI=1S/C10H13NO2/c1-3-7-13-10-6-4-5-9(11-10)8(2)12/h4-6H,3,7H2,1-2H3. The van der Waals surface area contributed by atoms with Crippen LogP contribution >= 0.6 is 0 Å². The molecule has 0 radical (unpaired) electrons. The molecule has 0 saturated carbocycles. The Morgan fingerprint density at radius 2 is 2.31 bits per heavy atom. The molecule has 0 unspecified atom stereocenters. The summed E-state index contributed by atoms with van der Waals surface area (Å²) in [6.45, 7) is 4.15. The van der Waals surface area contributed by atoms with Crippen LogP contribution in [-0.4, -0.2) is 17.4 Å². The van der Waals surface area contributed by atoms with E-state index in [0.717, 1.165) is 6.42 Å². The van der Waals surface area contributed by atoms with Crippen molar-refractivity contribution in [2.24, 2.45) is 0 Å². The van der Waals surface area contributed by atoms with Gasteiger partial charge < -0.3 is 4.74 Å². The molecule has 0 N–H and O–H groups in total. The minimum Gasteiger partial charge on any atom is -0.478 e. The molecular formula is C10H13NO2. The molecule has 13 heavy (non-hydrogen) atoms. The summed E-state index contributed by atoms with van der Waals surface area (Å²) in [7, 11) is 0. The van der Waals surface area contributed by atoms with E-state index in [1.807, 2.05) is 6.92 Å². The van der Waals surface area contributed by atoms with Gasteiger partial charge in [-0.05, 0) is 12.5 Å². The van der Waals surface area contributed by atoms with Crippen LogP contribution in [0.1, 0.15) is 30.8 Å². The minimum atomic E-state index is -0.0399. The summed E-state index contributed by atoms with van der Waals surface area (Å²) in [5, 5.41) is 0. The zero-order chi connectivity index (χ0) is 9.68. The predicted molar refractivity (Wildman–Crippen MR) is 50.0 cm³/mol. The van der Waals surface area contributed by atoms with Crippen molar-refractivity contribution >= 4 is 5.78 Å². The number of Topliss-reactive ketones (excluding diaryl/α,β-unsaturated/α-hetero) is 1. The van der Waals surface area contributed by atoms with Gasteiger partial charge >= 0.3 is 0 Å². The number of ether oxygens (including phenoxy) is 1. The second-order valence-electron chi connectivity index (χ2n) is 2.77. The summed E-state index contributed by atoms with van der Waals surface area (Å²) < 4.78 is 5.28. The van der Waals surface area contributed by atoms with Crippen molar-refractivity contribution in [2.75, 3.05) is 6.61 Å². The van der Waals surface area contributed by atoms with Crippen molar-refractivity contribution in [2.45, 2.75) is 20.3 Å². The lowest BCUT2D eigenvalue weighted by Crippen LogP contribution is -2.01. The van der Waals surface area contributed by atoms with Crippen LogP contribution in [0.25, 0.3) is 0 Å². The molecular weight excluding hydrogens is 166 g/mol. The van der Waals surface area contributed by atoms with Crippen molar-refractivity contribution in [3.63, 3.8) is 0 Å². The molecule has 0 atom stereocenters. The van der Waals surface area contributed by atoms with Gasteiger partial charge in [0.2, 0.25) is 5.88 Å². The maximum Gasteiger partial charge on any atom is 0.213 e. The van der Waals surface area contributed by atoms with Gasteiger partial charge in [0.05, 0.1) is 6.61 Å². The highest BCUT2D eigenvalue weighted by atomic mass is 16.5. The Kier molecular flexibility index (Phi) is 3.43. The number of aromatic nitrogens is 1. The summed E-state index contributed by atoms with van der Waals surface area (Å²) in [6.07, 6.45) is 0.936. The van der Waals surface area contributed by atoms with Crippen molar-refractivity contribution in [3.05, 3.63) is 23.9 Å². The molecule has 3 nitrogen and oxygen atoms in total. The largest absolute Gasteiger partial charge is 0.478 e. The van der Waals surface area contributed by atoms with Gasteiger partial charge in [0, 0.05) is 13.0 Å². The fourth-order valence-corrected chi connectivity index (χ4v) is 0.898. The number of nitrogens with zero attached hydrogens (tertiary/aromatic N) is 1. The average Bonchev–Trinajstić information content (AvgIpc) is 2.15. The molecule has 1 rings (SSSR count). The lowest BCUT2D eigenvalue weighted by Gasteiger charge is -2.03. The SMILES string of the molecule is CCCOc1cccc(C(C)=O)n1. The summed E-state index contributed by atoms with van der Waals surface area (Å²) >= 11 is 0. The van der Waals surface area contributed by atoms with Gasteiger partial charge in [-0.2, -0.15) is 0 Å². The monoisotopic (exact) mass is 179 g/mol. The van der Waals surface area contributed by atoms with Crippen LogP contribution in [0.3, 0.4) is 0 Å². The van der Waals surface area contributed by atoms with Crippen LogP contribution in [-0.2, 0) is 0 Å². The highest BCUT2D eigenvalue weighted by Gasteiger charge is 2.01. The number of rotatable bonds is 4. The summed E-state index contributed by atoms with van der Waals surface area (Å²) in [6, 6.07) is 5.21. The van der Waals surface area contributed by atoms with Gasteiger partial charge in [-0.1, -0.05) is 13.0 Å². The highest BCUT2D eigenvalue weighted by Crippen LogP contribution is 2.07.